The number of hydrogen-bond donors (Lipinski definition) is 1. The van der Waals surface area contributed by atoms with Crippen molar-refractivity contribution < 1.29 is 22.8 Å². The Bertz CT molecular complexity index is 1130. The average Bonchev–Trinajstić information content (AvgIpc) is 3.02. The lowest BCUT2D eigenvalue weighted by molar-refractivity contribution is -0.122. The fourth-order valence-electron chi connectivity index (χ4n) is 3.60. The van der Waals surface area contributed by atoms with Crippen molar-refractivity contribution in [3.8, 4) is 0 Å². The minimum Gasteiger partial charge on any atom is -0.326 e. The van der Waals surface area contributed by atoms with E-state index in [0.717, 1.165) is 13.7 Å². The van der Waals surface area contributed by atoms with E-state index in [9.17, 15) is 22.8 Å². The van der Waals surface area contributed by atoms with Crippen LogP contribution in [0.4, 0.5) is 11.4 Å². The second-order valence-electron chi connectivity index (χ2n) is 7.56. The second-order valence-corrected chi connectivity index (χ2v) is 10.3. The van der Waals surface area contributed by atoms with E-state index in [1.807, 2.05) is 6.92 Å². The van der Waals surface area contributed by atoms with Gasteiger partial charge in [-0.3, -0.25) is 14.4 Å². The summed E-state index contributed by atoms with van der Waals surface area (Å²) in [6.07, 6.45) is 0.224. The van der Waals surface area contributed by atoms with E-state index in [0.29, 0.717) is 17.8 Å². The number of nitrogens with zero attached hydrogens (tertiary/aromatic N) is 2. The van der Waals surface area contributed by atoms with Crippen molar-refractivity contribution in [3.63, 3.8) is 0 Å². The van der Waals surface area contributed by atoms with Crippen LogP contribution in [-0.2, 0) is 24.4 Å². The first-order valence-electron chi connectivity index (χ1n) is 10.1. The number of carbonyl (C=O) groups excluding carboxylic acids is 3. The minimum atomic E-state index is -4.10. The number of hydrogen-bond acceptors (Lipinski definition) is 5. The van der Waals surface area contributed by atoms with Crippen molar-refractivity contribution in [2.24, 2.45) is 0 Å². The van der Waals surface area contributed by atoms with Crippen LogP contribution < -0.4 is 10.2 Å². The molecule has 10 heteroatoms. The van der Waals surface area contributed by atoms with Crippen LogP contribution in [0.3, 0.4) is 0 Å². The van der Waals surface area contributed by atoms with Crippen molar-refractivity contribution in [2.75, 3.05) is 10.2 Å². The standard InChI is InChI=1S/C22H24BrN3O5S/c1-4-14(2)26(32(30,31)19-11-7-17(8-12-19)24-15(3)27)20-13-21(28)25(22(20)29)18-9-5-16(23)6-10-18/h5-12,14,20H,4,13H2,1-3H3,(H,24,27). The molecule has 170 valence electrons. The molecule has 0 saturated carbocycles. The van der Waals surface area contributed by atoms with Crippen LogP contribution in [0.25, 0.3) is 0 Å². The Morgan fingerprint density at radius 1 is 1.16 bits per heavy atom. The number of sulfonamides is 1. The molecule has 1 aliphatic heterocycles. The lowest BCUT2D eigenvalue weighted by atomic mass is 10.2. The predicted octanol–water partition coefficient (Wildman–Crippen LogP) is 3.53. The molecule has 0 aliphatic carbocycles. The number of halogens is 1. The third-order valence-corrected chi connectivity index (χ3v) is 7.86. The van der Waals surface area contributed by atoms with Gasteiger partial charge in [-0.1, -0.05) is 22.9 Å². The smallest absolute Gasteiger partial charge is 0.252 e. The number of benzene rings is 2. The Balaban J connectivity index is 1.97. The van der Waals surface area contributed by atoms with Crippen LogP contribution in [0, 0.1) is 0 Å². The molecule has 1 saturated heterocycles. The molecule has 1 heterocycles. The average molecular weight is 522 g/mol. The van der Waals surface area contributed by atoms with E-state index in [1.165, 1.54) is 31.2 Å². The van der Waals surface area contributed by atoms with Crippen LogP contribution in [0.2, 0.25) is 0 Å². The van der Waals surface area contributed by atoms with E-state index in [2.05, 4.69) is 21.2 Å². The second kappa shape index (κ2) is 9.51. The molecule has 2 aromatic carbocycles. The molecule has 0 bridgehead atoms. The van der Waals surface area contributed by atoms with Gasteiger partial charge >= 0.3 is 0 Å². The zero-order valence-electron chi connectivity index (χ0n) is 17.9. The third-order valence-electron chi connectivity index (χ3n) is 5.29. The molecule has 2 unspecified atom stereocenters. The van der Waals surface area contributed by atoms with Crippen LogP contribution >= 0.6 is 15.9 Å². The summed E-state index contributed by atoms with van der Waals surface area (Å²) >= 11 is 3.32. The molecule has 1 N–H and O–H groups in total. The van der Waals surface area contributed by atoms with Gasteiger partial charge in [0.25, 0.3) is 5.91 Å². The molecule has 8 nitrogen and oxygen atoms in total. The molecular formula is C22H24BrN3O5S. The fourth-order valence-corrected chi connectivity index (χ4v) is 5.71. The minimum absolute atomic E-state index is 0.0192. The van der Waals surface area contributed by atoms with Crippen molar-refractivity contribution >= 4 is 55.0 Å². The Morgan fingerprint density at radius 3 is 2.28 bits per heavy atom. The van der Waals surface area contributed by atoms with Crippen LogP contribution in [0.5, 0.6) is 0 Å². The first-order valence-corrected chi connectivity index (χ1v) is 12.3. The normalized spacial score (nSPS) is 17.7. The first kappa shape index (κ1) is 24.1. The fraction of sp³-hybridized carbons (Fsp3) is 0.318. The highest BCUT2D eigenvalue weighted by atomic mass is 79.9. The number of rotatable bonds is 7. The summed E-state index contributed by atoms with van der Waals surface area (Å²) in [5.74, 6) is -1.30. The Morgan fingerprint density at radius 2 is 1.75 bits per heavy atom. The number of imide groups is 1. The summed E-state index contributed by atoms with van der Waals surface area (Å²) in [4.78, 5) is 38.2. The molecule has 2 atom stereocenters. The highest BCUT2D eigenvalue weighted by Gasteiger charge is 2.48. The van der Waals surface area contributed by atoms with Crippen LogP contribution in [0.1, 0.15) is 33.6 Å². The summed E-state index contributed by atoms with van der Waals surface area (Å²) in [5, 5.41) is 2.59. The van der Waals surface area contributed by atoms with Crippen molar-refractivity contribution in [2.45, 2.75) is 50.6 Å². The molecule has 1 fully saturated rings. The predicted molar refractivity (Wildman–Crippen MR) is 125 cm³/mol. The largest absolute Gasteiger partial charge is 0.326 e. The summed E-state index contributed by atoms with van der Waals surface area (Å²) in [5.41, 5.74) is 0.854. The number of carbonyl (C=O) groups is 3. The summed E-state index contributed by atoms with van der Waals surface area (Å²) in [7, 11) is -4.10. The van der Waals surface area contributed by atoms with E-state index >= 15 is 0 Å². The molecule has 32 heavy (non-hydrogen) atoms. The highest BCUT2D eigenvalue weighted by Crippen LogP contribution is 2.32. The zero-order chi connectivity index (χ0) is 23.6. The van der Waals surface area contributed by atoms with Crippen LogP contribution in [0.15, 0.2) is 57.9 Å². The lowest BCUT2D eigenvalue weighted by Crippen LogP contribution is -2.49. The topological polar surface area (TPSA) is 104 Å². The van der Waals surface area contributed by atoms with E-state index < -0.39 is 33.9 Å². The van der Waals surface area contributed by atoms with Gasteiger partial charge in [0, 0.05) is 23.1 Å². The van der Waals surface area contributed by atoms with Gasteiger partial charge in [0.05, 0.1) is 17.0 Å². The SMILES string of the molecule is CCC(C)N(C1CC(=O)N(c2ccc(Br)cc2)C1=O)S(=O)(=O)c1ccc(NC(C)=O)cc1. The molecule has 0 spiro atoms. The molecule has 0 radical (unpaired) electrons. The van der Waals surface area contributed by atoms with E-state index in [-0.39, 0.29) is 17.2 Å². The summed E-state index contributed by atoms with van der Waals surface area (Å²) in [6, 6.07) is 10.8. The van der Waals surface area contributed by atoms with Crippen molar-refractivity contribution in [1.29, 1.82) is 0 Å². The monoisotopic (exact) mass is 521 g/mol. The zero-order valence-corrected chi connectivity index (χ0v) is 20.3. The number of amides is 3. The number of anilines is 2. The van der Waals surface area contributed by atoms with Gasteiger partial charge in [0.2, 0.25) is 21.8 Å². The number of nitrogens with one attached hydrogen (secondary N) is 1. The van der Waals surface area contributed by atoms with Gasteiger partial charge in [-0.15, -0.1) is 0 Å². The Hall–Kier alpha value is -2.56. The highest BCUT2D eigenvalue weighted by molar-refractivity contribution is 9.10. The molecule has 2 aromatic rings. The van der Waals surface area contributed by atoms with Gasteiger partial charge in [-0.25, -0.2) is 13.3 Å². The Labute approximate surface area is 195 Å². The van der Waals surface area contributed by atoms with Gasteiger partial charge in [-0.2, -0.15) is 4.31 Å². The third kappa shape index (κ3) is 4.77. The van der Waals surface area contributed by atoms with Crippen LogP contribution in [-0.4, -0.2) is 42.5 Å². The molecule has 1 aliphatic rings. The van der Waals surface area contributed by atoms with Crippen molar-refractivity contribution in [1.82, 2.24) is 4.31 Å². The maximum Gasteiger partial charge on any atom is 0.252 e. The van der Waals surface area contributed by atoms with Gasteiger partial charge in [-0.05, 0) is 61.9 Å². The maximum absolute atomic E-state index is 13.5. The Kier molecular flexibility index (Phi) is 7.16. The van der Waals surface area contributed by atoms with E-state index in [1.54, 1.807) is 31.2 Å². The van der Waals surface area contributed by atoms with E-state index in [4.69, 9.17) is 0 Å². The maximum atomic E-state index is 13.5. The summed E-state index contributed by atoms with van der Waals surface area (Å²) in [6.45, 7) is 4.89. The van der Waals surface area contributed by atoms with Gasteiger partial charge in [0.15, 0.2) is 0 Å². The van der Waals surface area contributed by atoms with Gasteiger partial charge < -0.3 is 5.32 Å². The quantitative estimate of drug-likeness (QED) is 0.561. The van der Waals surface area contributed by atoms with Gasteiger partial charge in [0.1, 0.15) is 6.04 Å². The molecule has 0 aromatic heterocycles. The summed E-state index contributed by atoms with van der Waals surface area (Å²) < 4.78 is 29.0. The first-order chi connectivity index (χ1) is 15.1. The molecule has 3 amide bonds. The molecular weight excluding hydrogens is 498 g/mol. The van der Waals surface area contributed by atoms with Crippen molar-refractivity contribution in [3.05, 3.63) is 53.0 Å². The molecule has 3 rings (SSSR count). The lowest BCUT2D eigenvalue weighted by Gasteiger charge is -2.31.